The van der Waals surface area contributed by atoms with E-state index in [4.69, 9.17) is 4.98 Å². The Labute approximate surface area is 124 Å². The molecule has 0 aliphatic carbocycles. The van der Waals surface area contributed by atoms with Gasteiger partial charge < -0.3 is 0 Å². The lowest BCUT2D eigenvalue weighted by atomic mass is 10.3. The lowest BCUT2D eigenvalue weighted by Gasteiger charge is -2.06. The second-order valence-electron chi connectivity index (χ2n) is 4.16. The standard InChI is InChI=1S/C15H11BrN2S/c1-10-15(19-12-5-3-2-4-6-12)18-13-8-7-11(16)9-14(13)17-10/h2-9H,1H3. The zero-order chi connectivity index (χ0) is 13.2. The van der Waals surface area contributed by atoms with Gasteiger partial charge in [-0.3, -0.25) is 0 Å². The quantitative estimate of drug-likeness (QED) is 0.671. The first-order valence-corrected chi connectivity index (χ1v) is 7.50. The first-order chi connectivity index (χ1) is 9.22. The molecule has 0 atom stereocenters. The highest BCUT2D eigenvalue weighted by molar-refractivity contribution is 9.10. The van der Waals surface area contributed by atoms with Crippen LogP contribution >= 0.6 is 27.7 Å². The van der Waals surface area contributed by atoms with Crippen molar-refractivity contribution in [2.45, 2.75) is 16.8 Å². The van der Waals surface area contributed by atoms with E-state index in [-0.39, 0.29) is 0 Å². The van der Waals surface area contributed by atoms with Gasteiger partial charge in [-0.15, -0.1) is 0 Å². The summed E-state index contributed by atoms with van der Waals surface area (Å²) in [7, 11) is 0. The zero-order valence-electron chi connectivity index (χ0n) is 10.3. The van der Waals surface area contributed by atoms with Crippen molar-refractivity contribution in [3.05, 3.63) is 58.7 Å². The number of benzene rings is 2. The molecule has 94 valence electrons. The fourth-order valence-electron chi connectivity index (χ4n) is 1.80. The summed E-state index contributed by atoms with van der Waals surface area (Å²) in [6, 6.07) is 16.2. The summed E-state index contributed by atoms with van der Waals surface area (Å²) in [4.78, 5) is 10.5. The van der Waals surface area contributed by atoms with Crippen LogP contribution in [0.2, 0.25) is 0 Å². The van der Waals surface area contributed by atoms with Crippen molar-refractivity contribution < 1.29 is 0 Å². The average Bonchev–Trinajstić information content (AvgIpc) is 2.41. The summed E-state index contributed by atoms with van der Waals surface area (Å²) in [5.74, 6) is 0. The maximum absolute atomic E-state index is 4.69. The van der Waals surface area contributed by atoms with Crippen molar-refractivity contribution in [1.82, 2.24) is 9.97 Å². The minimum Gasteiger partial charge on any atom is -0.249 e. The van der Waals surface area contributed by atoms with E-state index in [9.17, 15) is 0 Å². The Morgan fingerprint density at radius 3 is 2.53 bits per heavy atom. The predicted octanol–water partition coefficient (Wildman–Crippen LogP) is 4.85. The molecule has 0 radical (unpaired) electrons. The van der Waals surface area contributed by atoms with E-state index in [2.05, 4.69) is 33.0 Å². The minimum atomic E-state index is 0.921. The molecule has 2 aromatic carbocycles. The molecule has 2 nitrogen and oxygen atoms in total. The summed E-state index contributed by atoms with van der Waals surface area (Å²) in [6.45, 7) is 2.00. The number of rotatable bonds is 2. The maximum Gasteiger partial charge on any atom is 0.123 e. The molecular formula is C15H11BrN2S. The number of aryl methyl sites for hydroxylation is 1. The molecule has 1 heterocycles. The average molecular weight is 331 g/mol. The van der Waals surface area contributed by atoms with Gasteiger partial charge in [0.05, 0.1) is 16.7 Å². The molecule has 0 unspecified atom stereocenters. The molecule has 0 bridgehead atoms. The fourth-order valence-corrected chi connectivity index (χ4v) is 3.00. The number of fused-ring (bicyclic) bond motifs is 1. The molecular weight excluding hydrogens is 320 g/mol. The van der Waals surface area contributed by atoms with E-state index >= 15 is 0 Å². The van der Waals surface area contributed by atoms with Gasteiger partial charge in [-0.1, -0.05) is 45.9 Å². The Bertz CT molecular complexity index is 729. The molecule has 0 aliphatic heterocycles. The lowest BCUT2D eigenvalue weighted by Crippen LogP contribution is -1.92. The van der Waals surface area contributed by atoms with Crippen molar-refractivity contribution in [2.24, 2.45) is 0 Å². The van der Waals surface area contributed by atoms with Crippen LogP contribution in [0.3, 0.4) is 0 Å². The van der Waals surface area contributed by atoms with Gasteiger partial charge >= 0.3 is 0 Å². The molecule has 3 aromatic rings. The van der Waals surface area contributed by atoms with E-state index in [0.717, 1.165) is 26.2 Å². The Hall–Kier alpha value is -1.39. The van der Waals surface area contributed by atoms with Gasteiger partial charge in [0.25, 0.3) is 0 Å². The highest BCUT2D eigenvalue weighted by Gasteiger charge is 2.07. The van der Waals surface area contributed by atoms with Gasteiger partial charge in [0.2, 0.25) is 0 Å². The Morgan fingerprint density at radius 1 is 0.947 bits per heavy atom. The molecule has 0 saturated carbocycles. The van der Waals surface area contributed by atoms with Gasteiger partial charge in [0.1, 0.15) is 5.03 Å². The van der Waals surface area contributed by atoms with Gasteiger partial charge in [0, 0.05) is 9.37 Å². The van der Waals surface area contributed by atoms with Gasteiger partial charge in [-0.05, 0) is 37.3 Å². The third-order valence-corrected chi connectivity index (χ3v) is 4.30. The number of hydrogen-bond acceptors (Lipinski definition) is 3. The summed E-state index contributed by atoms with van der Waals surface area (Å²) >= 11 is 5.10. The van der Waals surface area contributed by atoms with Crippen LogP contribution in [-0.2, 0) is 0 Å². The van der Waals surface area contributed by atoms with Crippen LogP contribution in [0, 0.1) is 6.92 Å². The highest BCUT2D eigenvalue weighted by atomic mass is 79.9. The molecule has 3 rings (SSSR count). The third kappa shape index (κ3) is 2.80. The van der Waals surface area contributed by atoms with Crippen molar-refractivity contribution in [1.29, 1.82) is 0 Å². The first kappa shape index (κ1) is 12.6. The SMILES string of the molecule is Cc1nc2cc(Br)ccc2nc1Sc1ccccc1. The molecule has 0 saturated heterocycles. The smallest absolute Gasteiger partial charge is 0.123 e. The van der Waals surface area contributed by atoms with E-state index in [1.807, 2.05) is 43.3 Å². The largest absolute Gasteiger partial charge is 0.249 e. The molecule has 0 fully saturated rings. The second-order valence-corrected chi connectivity index (χ2v) is 6.14. The van der Waals surface area contributed by atoms with Crippen molar-refractivity contribution >= 4 is 38.7 Å². The van der Waals surface area contributed by atoms with Crippen molar-refractivity contribution in [2.75, 3.05) is 0 Å². The third-order valence-electron chi connectivity index (χ3n) is 2.71. The summed E-state index contributed by atoms with van der Waals surface area (Å²) in [5, 5.41) is 0.959. The molecule has 0 spiro atoms. The van der Waals surface area contributed by atoms with Gasteiger partial charge in [-0.25, -0.2) is 9.97 Å². The summed E-state index contributed by atoms with van der Waals surface area (Å²) < 4.78 is 1.03. The minimum absolute atomic E-state index is 0.921. The number of hydrogen-bond donors (Lipinski definition) is 0. The second kappa shape index (κ2) is 5.31. The molecule has 0 N–H and O–H groups in total. The predicted molar refractivity (Wildman–Crippen MR) is 82.5 cm³/mol. The van der Waals surface area contributed by atoms with Crippen LogP contribution in [0.1, 0.15) is 5.69 Å². The summed E-state index contributed by atoms with van der Waals surface area (Å²) in [6.07, 6.45) is 0. The van der Waals surface area contributed by atoms with E-state index < -0.39 is 0 Å². The molecule has 0 amide bonds. The molecule has 4 heteroatoms. The Balaban J connectivity index is 2.04. The van der Waals surface area contributed by atoms with E-state index in [1.165, 1.54) is 4.90 Å². The topological polar surface area (TPSA) is 25.8 Å². The lowest BCUT2D eigenvalue weighted by molar-refractivity contribution is 1.04. The van der Waals surface area contributed by atoms with Crippen LogP contribution < -0.4 is 0 Å². The van der Waals surface area contributed by atoms with Gasteiger partial charge in [0.15, 0.2) is 0 Å². The van der Waals surface area contributed by atoms with Crippen LogP contribution in [0.4, 0.5) is 0 Å². The van der Waals surface area contributed by atoms with E-state index in [1.54, 1.807) is 11.8 Å². The number of aromatic nitrogens is 2. The molecule has 19 heavy (non-hydrogen) atoms. The Morgan fingerprint density at radius 2 is 1.74 bits per heavy atom. The normalized spacial score (nSPS) is 10.8. The van der Waals surface area contributed by atoms with Crippen LogP contribution in [0.5, 0.6) is 0 Å². The Kier molecular flexibility index (Phi) is 3.53. The fraction of sp³-hybridized carbons (Fsp3) is 0.0667. The maximum atomic E-state index is 4.69. The first-order valence-electron chi connectivity index (χ1n) is 5.89. The molecule has 0 aliphatic rings. The van der Waals surface area contributed by atoms with Crippen LogP contribution in [0.25, 0.3) is 11.0 Å². The van der Waals surface area contributed by atoms with Crippen molar-refractivity contribution in [3.63, 3.8) is 0 Å². The zero-order valence-corrected chi connectivity index (χ0v) is 12.7. The van der Waals surface area contributed by atoms with Gasteiger partial charge in [-0.2, -0.15) is 0 Å². The van der Waals surface area contributed by atoms with Crippen molar-refractivity contribution in [3.8, 4) is 0 Å². The summed E-state index contributed by atoms with van der Waals surface area (Å²) in [5.41, 5.74) is 2.80. The van der Waals surface area contributed by atoms with E-state index in [0.29, 0.717) is 0 Å². The molecule has 1 aromatic heterocycles. The number of halogens is 1. The van der Waals surface area contributed by atoms with Crippen LogP contribution in [-0.4, -0.2) is 9.97 Å². The monoisotopic (exact) mass is 330 g/mol. The van der Waals surface area contributed by atoms with Crippen LogP contribution in [0.15, 0.2) is 62.9 Å². The highest BCUT2D eigenvalue weighted by Crippen LogP contribution is 2.29. The number of nitrogens with zero attached hydrogens (tertiary/aromatic N) is 2.